The molecule has 1 aliphatic rings. The van der Waals surface area contributed by atoms with Gasteiger partial charge in [-0.15, -0.1) is 0 Å². The van der Waals surface area contributed by atoms with Gasteiger partial charge >= 0.3 is 0 Å². The van der Waals surface area contributed by atoms with Gasteiger partial charge in [-0.25, -0.2) is 0 Å². The number of methoxy groups -OCH3 is 1. The first-order valence-electron chi connectivity index (χ1n) is 8.56. The summed E-state index contributed by atoms with van der Waals surface area (Å²) < 4.78 is 11.4. The predicted octanol–water partition coefficient (Wildman–Crippen LogP) is 4.56. The van der Waals surface area contributed by atoms with Crippen molar-refractivity contribution in [2.75, 3.05) is 7.11 Å². The molecule has 0 bridgehead atoms. The second-order valence-corrected chi connectivity index (χ2v) is 6.47. The average Bonchev–Trinajstić information content (AvgIpc) is 2.63. The van der Waals surface area contributed by atoms with Gasteiger partial charge in [-0.3, -0.25) is 4.79 Å². The maximum atomic E-state index is 12.5. The number of ketones is 1. The molecule has 1 fully saturated rings. The lowest BCUT2D eigenvalue weighted by atomic mass is 9.95. The number of benzene rings is 2. The van der Waals surface area contributed by atoms with E-state index in [2.05, 4.69) is 0 Å². The van der Waals surface area contributed by atoms with Crippen molar-refractivity contribution in [3.05, 3.63) is 65.2 Å². The van der Waals surface area contributed by atoms with Gasteiger partial charge in [0.2, 0.25) is 0 Å². The first-order valence-corrected chi connectivity index (χ1v) is 8.56. The van der Waals surface area contributed by atoms with Crippen molar-refractivity contribution in [2.24, 2.45) is 0 Å². The Bertz CT molecular complexity index is 665. The molecule has 0 atom stereocenters. The highest BCUT2D eigenvalue weighted by Gasteiger charge is 2.22. The van der Waals surface area contributed by atoms with E-state index in [-0.39, 0.29) is 11.9 Å². The van der Waals surface area contributed by atoms with Crippen LogP contribution in [0.5, 0.6) is 5.75 Å². The molecule has 2 aromatic rings. The van der Waals surface area contributed by atoms with E-state index in [1.165, 1.54) is 0 Å². The summed E-state index contributed by atoms with van der Waals surface area (Å²) in [4.78, 5) is 12.5. The van der Waals surface area contributed by atoms with Gasteiger partial charge in [0.15, 0.2) is 5.78 Å². The summed E-state index contributed by atoms with van der Waals surface area (Å²) in [6.45, 7) is 2.01. The van der Waals surface area contributed by atoms with Crippen LogP contribution in [0, 0.1) is 6.92 Å². The monoisotopic (exact) mass is 324 g/mol. The fourth-order valence-corrected chi connectivity index (χ4v) is 3.13. The molecule has 2 aromatic carbocycles. The molecule has 126 valence electrons. The van der Waals surface area contributed by atoms with Crippen molar-refractivity contribution in [1.29, 1.82) is 0 Å². The Balaban J connectivity index is 1.61. The minimum absolute atomic E-state index is 0.0437. The Morgan fingerprint density at radius 1 is 0.833 bits per heavy atom. The fourth-order valence-electron chi connectivity index (χ4n) is 3.13. The van der Waals surface area contributed by atoms with E-state index in [1.807, 2.05) is 55.5 Å². The van der Waals surface area contributed by atoms with Gasteiger partial charge in [0.25, 0.3) is 0 Å². The van der Waals surface area contributed by atoms with Gasteiger partial charge < -0.3 is 9.47 Å². The zero-order valence-electron chi connectivity index (χ0n) is 14.3. The molecular formula is C21H24O3. The third kappa shape index (κ3) is 4.04. The third-order valence-electron chi connectivity index (χ3n) is 4.69. The molecule has 3 rings (SSSR count). The molecular weight excluding hydrogens is 300 g/mol. The van der Waals surface area contributed by atoms with Crippen LogP contribution in [0.15, 0.2) is 48.5 Å². The third-order valence-corrected chi connectivity index (χ3v) is 4.69. The number of aryl methyl sites for hydroxylation is 1. The smallest absolute Gasteiger partial charge is 0.193 e. The van der Waals surface area contributed by atoms with Crippen LogP contribution in [-0.4, -0.2) is 25.1 Å². The highest BCUT2D eigenvalue weighted by molar-refractivity contribution is 6.09. The lowest BCUT2D eigenvalue weighted by Crippen LogP contribution is -2.27. The lowest BCUT2D eigenvalue weighted by molar-refractivity contribution is 0.0327. The van der Waals surface area contributed by atoms with Gasteiger partial charge in [-0.05, 0) is 56.9 Å². The zero-order chi connectivity index (χ0) is 16.9. The minimum Gasteiger partial charge on any atom is -0.490 e. The number of carbonyl (C=O) groups excluding carboxylic acids is 1. The van der Waals surface area contributed by atoms with Gasteiger partial charge in [-0.1, -0.05) is 29.8 Å². The summed E-state index contributed by atoms with van der Waals surface area (Å²) in [7, 11) is 1.77. The van der Waals surface area contributed by atoms with E-state index in [0.717, 1.165) is 37.0 Å². The van der Waals surface area contributed by atoms with E-state index < -0.39 is 0 Å². The van der Waals surface area contributed by atoms with Crippen LogP contribution in [0.25, 0.3) is 0 Å². The van der Waals surface area contributed by atoms with Crippen LogP contribution in [-0.2, 0) is 4.74 Å². The van der Waals surface area contributed by atoms with Crippen molar-refractivity contribution >= 4 is 5.78 Å². The molecule has 0 heterocycles. The Kier molecular flexibility index (Phi) is 5.31. The first kappa shape index (κ1) is 16.7. The molecule has 0 aliphatic heterocycles. The standard InChI is InChI=1S/C21H24O3/c1-15-3-5-16(6-4-15)21(22)17-7-9-19(10-8-17)24-20-13-11-18(23-2)12-14-20/h3-10,18,20H,11-14H2,1-2H3. The van der Waals surface area contributed by atoms with Crippen LogP contribution in [0.2, 0.25) is 0 Å². The molecule has 3 nitrogen and oxygen atoms in total. The van der Waals surface area contributed by atoms with E-state index in [0.29, 0.717) is 17.2 Å². The topological polar surface area (TPSA) is 35.5 Å². The second-order valence-electron chi connectivity index (χ2n) is 6.47. The van der Waals surface area contributed by atoms with E-state index in [9.17, 15) is 4.79 Å². The molecule has 0 N–H and O–H groups in total. The highest BCUT2D eigenvalue weighted by Crippen LogP contribution is 2.25. The number of rotatable bonds is 5. The molecule has 1 saturated carbocycles. The molecule has 0 saturated heterocycles. The fraction of sp³-hybridized carbons (Fsp3) is 0.381. The highest BCUT2D eigenvalue weighted by atomic mass is 16.5. The normalized spacial score (nSPS) is 20.6. The summed E-state index contributed by atoms with van der Waals surface area (Å²) in [5.74, 6) is 0.874. The number of hydrogen-bond donors (Lipinski definition) is 0. The molecule has 3 heteroatoms. The quantitative estimate of drug-likeness (QED) is 0.756. The largest absolute Gasteiger partial charge is 0.490 e. The van der Waals surface area contributed by atoms with Gasteiger partial charge in [0, 0.05) is 18.2 Å². The second kappa shape index (κ2) is 7.63. The number of hydrogen-bond acceptors (Lipinski definition) is 3. The Morgan fingerprint density at radius 3 is 1.88 bits per heavy atom. The SMILES string of the molecule is COC1CCC(Oc2ccc(C(=O)c3ccc(C)cc3)cc2)CC1. The Labute approximate surface area is 143 Å². The molecule has 0 radical (unpaired) electrons. The molecule has 24 heavy (non-hydrogen) atoms. The summed E-state index contributed by atoms with van der Waals surface area (Å²) >= 11 is 0. The molecule has 1 aliphatic carbocycles. The molecule has 0 spiro atoms. The average molecular weight is 324 g/mol. The first-order chi connectivity index (χ1) is 11.7. The van der Waals surface area contributed by atoms with Crippen LogP contribution < -0.4 is 4.74 Å². The van der Waals surface area contributed by atoms with Crippen LogP contribution >= 0.6 is 0 Å². The zero-order valence-corrected chi connectivity index (χ0v) is 14.3. The number of ether oxygens (including phenoxy) is 2. The summed E-state index contributed by atoms with van der Waals surface area (Å²) in [5.41, 5.74) is 2.56. The van der Waals surface area contributed by atoms with Crippen LogP contribution in [0.4, 0.5) is 0 Å². The lowest BCUT2D eigenvalue weighted by Gasteiger charge is -2.28. The maximum Gasteiger partial charge on any atom is 0.193 e. The summed E-state index contributed by atoms with van der Waals surface area (Å²) in [6, 6.07) is 15.1. The van der Waals surface area contributed by atoms with Gasteiger partial charge in [0.05, 0.1) is 12.2 Å². The van der Waals surface area contributed by atoms with Crippen molar-refractivity contribution in [1.82, 2.24) is 0 Å². The number of carbonyl (C=O) groups is 1. The summed E-state index contributed by atoms with van der Waals surface area (Å²) in [5, 5.41) is 0. The van der Waals surface area contributed by atoms with Crippen molar-refractivity contribution in [3.63, 3.8) is 0 Å². The maximum absolute atomic E-state index is 12.5. The molecule has 0 unspecified atom stereocenters. The summed E-state index contributed by atoms with van der Waals surface area (Å²) in [6.07, 6.45) is 4.75. The van der Waals surface area contributed by atoms with Crippen LogP contribution in [0.3, 0.4) is 0 Å². The Hall–Kier alpha value is -2.13. The van der Waals surface area contributed by atoms with Crippen molar-refractivity contribution < 1.29 is 14.3 Å². The van der Waals surface area contributed by atoms with Crippen LogP contribution in [0.1, 0.15) is 47.2 Å². The van der Waals surface area contributed by atoms with Crippen molar-refractivity contribution in [3.8, 4) is 5.75 Å². The Morgan fingerprint density at radius 2 is 1.33 bits per heavy atom. The molecule has 0 amide bonds. The predicted molar refractivity (Wildman–Crippen MR) is 94.7 cm³/mol. The van der Waals surface area contributed by atoms with Gasteiger partial charge in [-0.2, -0.15) is 0 Å². The van der Waals surface area contributed by atoms with E-state index >= 15 is 0 Å². The molecule has 0 aromatic heterocycles. The van der Waals surface area contributed by atoms with Crippen molar-refractivity contribution in [2.45, 2.75) is 44.8 Å². The van der Waals surface area contributed by atoms with E-state index in [1.54, 1.807) is 7.11 Å². The minimum atomic E-state index is 0.0437. The van der Waals surface area contributed by atoms with Gasteiger partial charge in [0.1, 0.15) is 5.75 Å². The van der Waals surface area contributed by atoms with E-state index in [4.69, 9.17) is 9.47 Å².